The summed E-state index contributed by atoms with van der Waals surface area (Å²) in [4.78, 5) is 33.9. The van der Waals surface area contributed by atoms with Crippen molar-refractivity contribution in [2.24, 2.45) is 0 Å². The van der Waals surface area contributed by atoms with Gasteiger partial charge in [-0.3, -0.25) is 9.59 Å². The molecule has 0 aliphatic heterocycles. The number of amides is 2. The number of carboxylic acid groups (broad SMARTS) is 1. The number of nitrogens with one attached hydrogen (secondary N) is 2. The molecular weight excluding hydrogens is 288 g/mol. The van der Waals surface area contributed by atoms with Crippen molar-refractivity contribution < 1.29 is 24.2 Å². The summed E-state index contributed by atoms with van der Waals surface area (Å²) in [5.74, 6) is -1.60. The molecule has 0 bridgehead atoms. The van der Waals surface area contributed by atoms with Crippen molar-refractivity contribution in [2.45, 2.75) is 18.9 Å². The Kier molecular flexibility index (Phi) is 7.63. The number of hydrogen-bond acceptors (Lipinski definition) is 4. The fraction of sp³-hybridized carbons (Fsp3) is 0.400. The fourth-order valence-electron chi connectivity index (χ4n) is 1.71. The first-order valence-electron chi connectivity index (χ1n) is 6.90. The van der Waals surface area contributed by atoms with Gasteiger partial charge in [0.15, 0.2) is 6.10 Å². The minimum Gasteiger partial charge on any atom is -0.479 e. The molecule has 0 saturated carbocycles. The molecule has 22 heavy (non-hydrogen) atoms. The van der Waals surface area contributed by atoms with Crippen LogP contribution in [0.1, 0.15) is 23.2 Å². The van der Waals surface area contributed by atoms with Crippen LogP contribution in [0.4, 0.5) is 0 Å². The van der Waals surface area contributed by atoms with E-state index in [4.69, 9.17) is 9.84 Å². The molecule has 120 valence electrons. The molecule has 0 fully saturated rings. The Morgan fingerprint density at radius 3 is 2.45 bits per heavy atom. The summed E-state index contributed by atoms with van der Waals surface area (Å²) in [6.45, 7) is 0.287. The van der Waals surface area contributed by atoms with Gasteiger partial charge in [-0.15, -0.1) is 0 Å². The van der Waals surface area contributed by atoms with Crippen LogP contribution in [0.2, 0.25) is 0 Å². The predicted molar refractivity (Wildman–Crippen MR) is 79.5 cm³/mol. The Morgan fingerprint density at radius 1 is 1.18 bits per heavy atom. The lowest BCUT2D eigenvalue weighted by Gasteiger charge is -2.11. The number of hydrogen-bond donors (Lipinski definition) is 3. The number of benzene rings is 1. The number of methoxy groups -OCH3 is 1. The van der Waals surface area contributed by atoms with E-state index in [-0.39, 0.29) is 24.8 Å². The highest BCUT2D eigenvalue weighted by Crippen LogP contribution is 1.98. The molecular formula is C15H20N2O5. The minimum absolute atomic E-state index is 0.0823. The molecule has 0 aliphatic carbocycles. The zero-order valence-electron chi connectivity index (χ0n) is 12.4. The Bertz CT molecular complexity index is 504. The van der Waals surface area contributed by atoms with Gasteiger partial charge in [0.25, 0.3) is 5.91 Å². The van der Waals surface area contributed by atoms with Crippen molar-refractivity contribution in [1.82, 2.24) is 10.6 Å². The summed E-state index contributed by atoms with van der Waals surface area (Å²) in [6, 6.07) is 8.79. The van der Waals surface area contributed by atoms with Gasteiger partial charge in [0.2, 0.25) is 5.91 Å². The van der Waals surface area contributed by atoms with Crippen molar-refractivity contribution in [3.8, 4) is 0 Å². The highest BCUT2D eigenvalue weighted by molar-refractivity contribution is 5.94. The minimum atomic E-state index is -1.13. The summed E-state index contributed by atoms with van der Waals surface area (Å²) < 4.78 is 4.70. The van der Waals surface area contributed by atoms with Crippen LogP contribution < -0.4 is 10.6 Å². The molecule has 7 nitrogen and oxygen atoms in total. The second-order valence-electron chi connectivity index (χ2n) is 4.59. The lowest BCUT2D eigenvalue weighted by Crippen LogP contribution is -2.38. The van der Waals surface area contributed by atoms with Crippen LogP contribution in [-0.2, 0) is 14.3 Å². The second-order valence-corrected chi connectivity index (χ2v) is 4.59. The lowest BCUT2D eigenvalue weighted by atomic mass is 10.2. The van der Waals surface area contributed by atoms with E-state index < -0.39 is 12.1 Å². The van der Waals surface area contributed by atoms with E-state index in [0.717, 1.165) is 0 Å². The molecule has 7 heteroatoms. The normalized spacial score (nSPS) is 11.5. The van der Waals surface area contributed by atoms with Crippen molar-refractivity contribution >= 4 is 17.8 Å². The third-order valence-corrected chi connectivity index (χ3v) is 2.95. The molecule has 0 aromatic heterocycles. The van der Waals surface area contributed by atoms with E-state index in [1.165, 1.54) is 7.11 Å². The van der Waals surface area contributed by atoms with Gasteiger partial charge in [-0.25, -0.2) is 4.79 Å². The van der Waals surface area contributed by atoms with Crippen LogP contribution in [0, 0.1) is 0 Å². The smallest absolute Gasteiger partial charge is 0.334 e. The first-order valence-corrected chi connectivity index (χ1v) is 6.90. The third-order valence-electron chi connectivity index (χ3n) is 2.95. The van der Waals surface area contributed by atoms with Gasteiger partial charge in [-0.05, 0) is 18.6 Å². The van der Waals surface area contributed by atoms with Crippen molar-refractivity contribution in [1.29, 1.82) is 0 Å². The fourth-order valence-corrected chi connectivity index (χ4v) is 1.71. The summed E-state index contributed by atoms with van der Waals surface area (Å²) in [5.41, 5.74) is 0.566. The highest BCUT2D eigenvalue weighted by Gasteiger charge is 2.16. The quantitative estimate of drug-likeness (QED) is 0.573. The monoisotopic (exact) mass is 308 g/mol. The zero-order valence-corrected chi connectivity index (χ0v) is 12.4. The molecule has 0 saturated heterocycles. The van der Waals surface area contributed by atoms with E-state index >= 15 is 0 Å². The Balaban J connectivity index is 2.17. The number of carbonyl (C=O) groups excluding carboxylic acids is 2. The van der Waals surface area contributed by atoms with E-state index in [0.29, 0.717) is 18.5 Å². The summed E-state index contributed by atoms with van der Waals surface area (Å²) in [6.07, 6.45) is -0.387. The Labute approximate surface area is 128 Å². The van der Waals surface area contributed by atoms with Crippen molar-refractivity contribution in [3.05, 3.63) is 35.9 Å². The van der Waals surface area contributed by atoms with Gasteiger partial charge in [-0.2, -0.15) is 0 Å². The van der Waals surface area contributed by atoms with Crippen molar-refractivity contribution in [3.63, 3.8) is 0 Å². The SMILES string of the molecule is COC(CNC(=O)CCCNC(=O)c1ccccc1)C(=O)O. The molecule has 1 unspecified atom stereocenters. The summed E-state index contributed by atoms with van der Waals surface area (Å²) in [7, 11) is 1.27. The van der Waals surface area contributed by atoms with E-state index in [1.54, 1.807) is 24.3 Å². The number of rotatable bonds is 9. The van der Waals surface area contributed by atoms with E-state index in [2.05, 4.69) is 10.6 Å². The van der Waals surface area contributed by atoms with Gasteiger partial charge in [0.1, 0.15) is 0 Å². The molecule has 2 amide bonds. The predicted octanol–water partition coefficient (Wildman–Crippen LogP) is 0.412. The molecule has 1 aromatic rings. The number of ether oxygens (including phenoxy) is 1. The Morgan fingerprint density at radius 2 is 1.86 bits per heavy atom. The van der Waals surface area contributed by atoms with Crippen LogP contribution in [-0.4, -0.2) is 49.2 Å². The lowest BCUT2D eigenvalue weighted by molar-refractivity contribution is -0.148. The highest BCUT2D eigenvalue weighted by atomic mass is 16.5. The van der Waals surface area contributed by atoms with Gasteiger partial charge >= 0.3 is 5.97 Å². The maximum Gasteiger partial charge on any atom is 0.334 e. The standard InChI is InChI=1S/C15H20N2O5/c1-22-12(15(20)21)10-17-13(18)8-5-9-16-14(19)11-6-3-2-4-7-11/h2-4,6-7,12H,5,8-10H2,1H3,(H,16,19)(H,17,18)(H,20,21). The molecule has 3 N–H and O–H groups in total. The van der Waals surface area contributed by atoms with Gasteiger partial charge in [0, 0.05) is 25.6 Å². The maximum absolute atomic E-state index is 11.7. The molecule has 0 spiro atoms. The second kappa shape index (κ2) is 9.51. The average Bonchev–Trinajstić information content (AvgIpc) is 2.52. The summed E-state index contributed by atoms with van der Waals surface area (Å²) in [5, 5.41) is 13.9. The van der Waals surface area contributed by atoms with Gasteiger partial charge in [-0.1, -0.05) is 18.2 Å². The van der Waals surface area contributed by atoms with Gasteiger partial charge < -0.3 is 20.5 Å². The van der Waals surface area contributed by atoms with E-state index in [1.807, 2.05) is 6.07 Å². The zero-order chi connectivity index (χ0) is 16.4. The molecule has 1 rings (SSSR count). The molecule has 1 aromatic carbocycles. The molecule has 0 aliphatic rings. The van der Waals surface area contributed by atoms with Crippen LogP contribution in [0.25, 0.3) is 0 Å². The summed E-state index contributed by atoms with van der Waals surface area (Å²) >= 11 is 0. The molecule has 0 radical (unpaired) electrons. The van der Waals surface area contributed by atoms with Crippen LogP contribution >= 0.6 is 0 Å². The molecule has 0 heterocycles. The average molecular weight is 308 g/mol. The number of carbonyl (C=O) groups is 3. The van der Waals surface area contributed by atoms with Crippen LogP contribution in [0.15, 0.2) is 30.3 Å². The number of carboxylic acids is 1. The largest absolute Gasteiger partial charge is 0.479 e. The van der Waals surface area contributed by atoms with E-state index in [9.17, 15) is 14.4 Å². The maximum atomic E-state index is 11.7. The van der Waals surface area contributed by atoms with Crippen LogP contribution in [0.5, 0.6) is 0 Å². The molecule has 1 atom stereocenters. The number of aliphatic carboxylic acids is 1. The third kappa shape index (κ3) is 6.36. The topological polar surface area (TPSA) is 105 Å². The Hall–Kier alpha value is -2.41. The van der Waals surface area contributed by atoms with Crippen molar-refractivity contribution in [2.75, 3.05) is 20.2 Å². The van der Waals surface area contributed by atoms with Crippen LogP contribution in [0.3, 0.4) is 0 Å². The first-order chi connectivity index (χ1) is 10.5. The first kappa shape index (κ1) is 17.6. The van der Waals surface area contributed by atoms with Gasteiger partial charge in [0.05, 0.1) is 6.54 Å².